The molecule has 2 aromatic carbocycles. The highest BCUT2D eigenvalue weighted by Gasteiger charge is 2.24. The van der Waals surface area contributed by atoms with E-state index in [0.29, 0.717) is 18.4 Å². The Labute approximate surface area is 186 Å². The Morgan fingerprint density at radius 2 is 1.74 bits per heavy atom. The van der Waals surface area contributed by atoms with Crippen molar-refractivity contribution in [2.24, 2.45) is 5.92 Å². The fourth-order valence-electron chi connectivity index (χ4n) is 3.80. The molecule has 2 unspecified atom stereocenters. The molecule has 0 aromatic heterocycles. The number of nitrogens with zero attached hydrogens (tertiary/aromatic N) is 2. The summed E-state index contributed by atoms with van der Waals surface area (Å²) in [5.41, 5.74) is 3.57. The van der Waals surface area contributed by atoms with Crippen LogP contribution in [0.2, 0.25) is 0 Å². The van der Waals surface area contributed by atoms with Crippen LogP contribution in [0.15, 0.2) is 48.5 Å². The fourth-order valence-corrected chi connectivity index (χ4v) is 3.80. The average Bonchev–Trinajstić information content (AvgIpc) is 3.24. The molecule has 1 amide bonds. The molecule has 1 fully saturated rings. The molecule has 3 N–H and O–H groups in total. The van der Waals surface area contributed by atoms with E-state index < -0.39 is 6.23 Å². The van der Waals surface area contributed by atoms with Crippen molar-refractivity contribution in [2.75, 3.05) is 42.7 Å². The number of amides is 1. The SMILES string of the molecule is CC(C)CCC(=O)Nc1ccc(C(O)Nc2ccc(N3CCC(N(C)C)C3)cc2)cc1. The van der Waals surface area contributed by atoms with Gasteiger partial charge in [-0.25, -0.2) is 0 Å². The lowest BCUT2D eigenvalue weighted by Gasteiger charge is -2.22. The molecule has 0 spiro atoms. The summed E-state index contributed by atoms with van der Waals surface area (Å²) >= 11 is 0. The summed E-state index contributed by atoms with van der Waals surface area (Å²) in [6.07, 6.45) is 1.76. The zero-order valence-corrected chi connectivity index (χ0v) is 19.1. The summed E-state index contributed by atoms with van der Waals surface area (Å²) in [4.78, 5) is 16.7. The summed E-state index contributed by atoms with van der Waals surface area (Å²) in [7, 11) is 4.27. The molecule has 168 valence electrons. The third-order valence-corrected chi connectivity index (χ3v) is 5.89. The van der Waals surface area contributed by atoms with Gasteiger partial charge in [0.1, 0.15) is 0 Å². The minimum absolute atomic E-state index is 0.0233. The molecular weight excluding hydrogens is 388 g/mol. The lowest BCUT2D eigenvalue weighted by atomic mass is 10.1. The molecular formula is C25H36N4O2. The second-order valence-corrected chi connectivity index (χ2v) is 9.05. The van der Waals surface area contributed by atoms with Gasteiger partial charge in [-0.3, -0.25) is 4.79 Å². The van der Waals surface area contributed by atoms with E-state index in [9.17, 15) is 9.90 Å². The summed E-state index contributed by atoms with van der Waals surface area (Å²) in [5, 5.41) is 16.6. The number of carbonyl (C=O) groups excluding carboxylic acids is 1. The number of aliphatic hydroxyl groups is 1. The minimum Gasteiger partial charge on any atom is -0.370 e. The predicted octanol–water partition coefficient (Wildman–Crippen LogP) is 4.30. The Morgan fingerprint density at radius 1 is 1.10 bits per heavy atom. The first kappa shape index (κ1) is 23.1. The van der Waals surface area contributed by atoms with Gasteiger partial charge in [-0.1, -0.05) is 26.0 Å². The van der Waals surface area contributed by atoms with Crippen molar-refractivity contribution in [1.29, 1.82) is 0 Å². The monoisotopic (exact) mass is 424 g/mol. The van der Waals surface area contributed by atoms with Crippen molar-refractivity contribution < 1.29 is 9.90 Å². The van der Waals surface area contributed by atoms with E-state index in [0.717, 1.165) is 36.4 Å². The van der Waals surface area contributed by atoms with Gasteiger partial charge < -0.3 is 25.5 Å². The zero-order chi connectivity index (χ0) is 22.4. The van der Waals surface area contributed by atoms with Crippen molar-refractivity contribution in [3.63, 3.8) is 0 Å². The van der Waals surface area contributed by atoms with Gasteiger partial charge in [-0.15, -0.1) is 0 Å². The Bertz CT molecular complexity index is 834. The van der Waals surface area contributed by atoms with Crippen molar-refractivity contribution in [3.05, 3.63) is 54.1 Å². The largest absolute Gasteiger partial charge is 0.370 e. The number of hydrogen-bond donors (Lipinski definition) is 3. The molecule has 1 heterocycles. The first-order chi connectivity index (χ1) is 14.8. The number of carbonyl (C=O) groups is 1. The summed E-state index contributed by atoms with van der Waals surface area (Å²) in [5.74, 6) is 0.531. The lowest BCUT2D eigenvalue weighted by molar-refractivity contribution is -0.116. The molecule has 31 heavy (non-hydrogen) atoms. The smallest absolute Gasteiger partial charge is 0.224 e. The van der Waals surface area contributed by atoms with E-state index in [1.807, 2.05) is 36.4 Å². The quantitative estimate of drug-likeness (QED) is 0.524. The standard InChI is InChI=1S/C25H36N4O2/c1-18(2)5-14-24(30)26-20-8-6-19(7-9-20)25(31)27-21-10-12-22(13-11-21)29-16-15-23(17-29)28(3)4/h6-13,18,23,25,27,31H,5,14-17H2,1-4H3,(H,26,30). The first-order valence-corrected chi connectivity index (χ1v) is 11.2. The summed E-state index contributed by atoms with van der Waals surface area (Å²) in [6.45, 7) is 6.33. The number of aliphatic hydroxyl groups excluding tert-OH is 1. The van der Waals surface area contributed by atoms with E-state index in [4.69, 9.17) is 0 Å². The maximum atomic E-state index is 12.0. The van der Waals surface area contributed by atoms with Crippen LogP contribution < -0.4 is 15.5 Å². The van der Waals surface area contributed by atoms with Crippen molar-refractivity contribution >= 4 is 23.0 Å². The number of hydrogen-bond acceptors (Lipinski definition) is 5. The molecule has 6 heteroatoms. The number of anilines is 3. The normalized spacial score (nSPS) is 17.3. The van der Waals surface area contributed by atoms with Crippen LogP contribution in [-0.4, -0.2) is 49.1 Å². The van der Waals surface area contributed by atoms with Crippen LogP contribution in [0, 0.1) is 5.92 Å². The van der Waals surface area contributed by atoms with Gasteiger partial charge in [0.15, 0.2) is 6.23 Å². The highest BCUT2D eigenvalue weighted by atomic mass is 16.3. The van der Waals surface area contributed by atoms with Gasteiger partial charge in [0.05, 0.1) is 0 Å². The van der Waals surface area contributed by atoms with Gasteiger partial charge in [0, 0.05) is 48.2 Å². The van der Waals surface area contributed by atoms with E-state index >= 15 is 0 Å². The van der Waals surface area contributed by atoms with Crippen LogP contribution in [0.3, 0.4) is 0 Å². The Balaban J connectivity index is 1.52. The van der Waals surface area contributed by atoms with Gasteiger partial charge >= 0.3 is 0 Å². The molecule has 0 saturated carbocycles. The number of rotatable bonds is 9. The van der Waals surface area contributed by atoms with Crippen molar-refractivity contribution in [2.45, 2.75) is 45.4 Å². The highest BCUT2D eigenvalue weighted by Crippen LogP contribution is 2.25. The van der Waals surface area contributed by atoms with E-state index in [1.165, 1.54) is 12.1 Å². The van der Waals surface area contributed by atoms with Gasteiger partial charge in [-0.2, -0.15) is 0 Å². The van der Waals surface area contributed by atoms with E-state index in [1.54, 1.807) is 0 Å². The molecule has 0 aliphatic carbocycles. The summed E-state index contributed by atoms with van der Waals surface area (Å²) in [6, 6.07) is 16.1. The van der Waals surface area contributed by atoms with Crippen LogP contribution in [0.5, 0.6) is 0 Å². The predicted molar refractivity (Wildman–Crippen MR) is 128 cm³/mol. The third kappa shape index (κ3) is 6.71. The van der Waals surface area contributed by atoms with E-state index in [-0.39, 0.29) is 5.91 Å². The maximum Gasteiger partial charge on any atom is 0.224 e. The third-order valence-electron chi connectivity index (χ3n) is 5.89. The summed E-state index contributed by atoms with van der Waals surface area (Å²) < 4.78 is 0. The maximum absolute atomic E-state index is 12.0. The second-order valence-electron chi connectivity index (χ2n) is 9.05. The topological polar surface area (TPSA) is 67.8 Å². The van der Waals surface area contributed by atoms with Crippen LogP contribution >= 0.6 is 0 Å². The Hall–Kier alpha value is -2.57. The highest BCUT2D eigenvalue weighted by molar-refractivity contribution is 5.90. The van der Waals surface area contributed by atoms with Gasteiger partial charge in [0.2, 0.25) is 5.91 Å². The van der Waals surface area contributed by atoms with Crippen LogP contribution in [0.4, 0.5) is 17.1 Å². The second kappa shape index (κ2) is 10.6. The molecule has 2 atom stereocenters. The fraction of sp³-hybridized carbons (Fsp3) is 0.480. The zero-order valence-electron chi connectivity index (χ0n) is 19.1. The molecule has 1 aliphatic rings. The molecule has 0 radical (unpaired) electrons. The molecule has 3 rings (SSSR count). The molecule has 2 aromatic rings. The molecule has 1 saturated heterocycles. The van der Waals surface area contributed by atoms with Gasteiger partial charge in [0.25, 0.3) is 0 Å². The van der Waals surface area contributed by atoms with E-state index in [2.05, 4.69) is 60.5 Å². The Morgan fingerprint density at radius 3 is 2.32 bits per heavy atom. The number of likely N-dealkylation sites (N-methyl/N-ethyl adjacent to an activating group) is 1. The van der Waals surface area contributed by atoms with Gasteiger partial charge in [-0.05, 0) is 69.3 Å². The first-order valence-electron chi connectivity index (χ1n) is 11.2. The Kier molecular flexibility index (Phi) is 7.93. The number of nitrogens with one attached hydrogen (secondary N) is 2. The minimum atomic E-state index is -0.818. The molecule has 6 nitrogen and oxygen atoms in total. The number of benzene rings is 2. The lowest BCUT2D eigenvalue weighted by Crippen LogP contribution is -2.31. The van der Waals surface area contributed by atoms with Crippen LogP contribution in [0.1, 0.15) is 44.9 Å². The molecule has 1 aliphatic heterocycles. The molecule has 0 bridgehead atoms. The van der Waals surface area contributed by atoms with Crippen molar-refractivity contribution in [3.8, 4) is 0 Å². The van der Waals surface area contributed by atoms with Crippen LogP contribution in [0.25, 0.3) is 0 Å². The average molecular weight is 425 g/mol. The van der Waals surface area contributed by atoms with Crippen LogP contribution in [-0.2, 0) is 4.79 Å². The van der Waals surface area contributed by atoms with Crippen molar-refractivity contribution in [1.82, 2.24) is 4.90 Å².